The van der Waals surface area contributed by atoms with Crippen molar-refractivity contribution in [3.05, 3.63) is 101 Å². The quantitative estimate of drug-likeness (QED) is 0.153. The Morgan fingerprint density at radius 1 is 0.846 bits per heavy atom. The summed E-state index contributed by atoms with van der Waals surface area (Å²) in [7, 11) is -2.87. The summed E-state index contributed by atoms with van der Waals surface area (Å²) in [5.74, 6) is -4.77. The lowest BCUT2D eigenvalue weighted by molar-refractivity contribution is -0.392. The lowest BCUT2D eigenvalue weighted by atomic mass is 9.74. The molecular formula is C36H34F9NO5S. The Bertz CT molecular complexity index is 1850. The molecule has 0 aromatic heterocycles. The van der Waals surface area contributed by atoms with Crippen LogP contribution in [0.3, 0.4) is 0 Å². The largest absolute Gasteiger partial charge is 0.430 e. The van der Waals surface area contributed by atoms with E-state index in [9.17, 15) is 57.5 Å². The molecule has 1 amide bonds. The van der Waals surface area contributed by atoms with E-state index >= 15 is 0 Å². The van der Waals surface area contributed by atoms with Crippen molar-refractivity contribution in [1.29, 1.82) is 0 Å². The predicted molar refractivity (Wildman–Crippen MR) is 169 cm³/mol. The average molecular weight is 764 g/mol. The molecule has 52 heavy (non-hydrogen) atoms. The van der Waals surface area contributed by atoms with Crippen LogP contribution in [-0.4, -0.2) is 51.0 Å². The van der Waals surface area contributed by atoms with Gasteiger partial charge in [0.1, 0.15) is 28.0 Å². The number of carbonyl (C=O) groups excluding carboxylic acids is 2. The number of benzene rings is 3. The van der Waals surface area contributed by atoms with Crippen molar-refractivity contribution < 1.29 is 62.3 Å². The van der Waals surface area contributed by atoms with E-state index in [1.807, 2.05) is 0 Å². The standard InChI is InChI=1S/C36H34F9NO5S/c1-46-18-15-23(20-32(46)48)31(47)19-22-13-16-33(17-14-22,52(49,50)27-11-9-26(37)10-12-27)24-5-7-25(8-6-24)34(35(40,41)42,36(43,44)45)51-21-28-29(38)3-2-4-30(28)39/h2-12,22-23H,13-21H2,1H3. The fourth-order valence-electron chi connectivity index (χ4n) is 7.16. The zero-order chi connectivity index (χ0) is 38.3. The molecule has 3 aromatic carbocycles. The maximum atomic E-state index is 14.5. The summed E-state index contributed by atoms with van der Waals surface area (Å²) < 4.78 is 161. The van der Waals surface area contributed by atoms with Gasteiger partial charge in [-0.1, -0.05) is 30.3 Å². The number of halogens is 9. The SMILES string of the molecule is CN1CCC(C(=O)CC2CCC(c3ccc(C(OCc4c(F)cccc4F)(C(F)(F)F)C(F)(F)F)cc3)(S(=O)(=O)c3ccc(F)cc3)CC2)CC1=O. The van der Waals surface area contributed by atoms with Crippen molar-refractivity contribution in [2.45, 2.75) is 79.1 Å². The Kier molecular flexibility index (Phi) is 10.9. The summed E-state index contributed by atoms with van der Waals surface area (Å²) >= 11 is 0. The van der Waals surface area contributed by atoms with Crippen molar-refractivity contribution >= 4 is 21.5 Å². The second kappa shape index (κ2) is 14.5. The summed E-state index contributed by atoms with van der Waals surface area (Å²) in [6.07, 6.45) is -12.0. The number of nitrogens with zero attached hydrogens (tertiary/aromatic N) is 1. The van der Waals surface area contributed by atoms with E-state index < -0.39 is 73.6 Å². The molecule has 1 aliphatic carbocycles. The lowest BCUT2D eigenvalue weighted by Crippen LogP contribution is -2.56. The number of piperidine rings is 1. The molecule has 5 rings (SSSR count). The van der Waals surface area contributed by atoms with Gasteiger partial charge in [0.25, 0.3) is 5.60 Å². The zero-order valence-corrected chi connectivity index (χ0v) is 28.5. The molecule has 16 heteroatoms. The first-order valence-electron chi connectivity index (χ1n) is 16.3. The van der Waals surface area contributed by atoms with Gasteiger partial charge in [-0.25, -0.2) is 21.6 Å². The van der Waals surface area contributed by atoms with E-state index in [0.29, 0.717) is 37.2 Å². The summed E-state index contributed by atoms with van der Waals surface area (Å²) in [6.45, 7) is -1.35. The Labute approximate surface area is 293 Å². The number of sulfone groups is 1. The summed E-state index contributed by atoms with van der Waals surface area (Å²) in [4.78, 5) is 26.4. The molecule has 6 nitrogen and oxygen atoms in total. The van der Waals surface area contributed by atoms with Crippen LogP contribution >= 0.6 is 0 Å². The molecule has 1 heterocycles. The van der Waals surface area contributed by atoms with Crippen LogP contribution in [0.1, 0.15) is 61.6 Å². The van der Waals surface area contributed by atoms with Gasteiger partial charge in [-0.05, 0) is 80.0 Å². The number of ketones is 1. The van der Waals surface area contributed by atoms with Crippen LogP contribution in [0.5, 0.6) is 0 Å². The van der Waals surface area contributed by atoms with Crippen molar-refractivity contribution in [2.24, 2.45) is 11.8 Å². The third kappa shape index (κ3) is 7.20. The van der Waals surface area contributed by atoms with Gasteiger partial charge in [-0.15, -0.1) is 0 Å². The highest BCUT2D eigenvalue weighted by molar-refractivity contribution is 7.92. The minimum atomic E-state index is -6.21. The number of ether oxygens (including phenoxy) is 1. The first-order chi connectivity index (χ1) is 24.2. The van der Waals surface area contributed by atoms with Crippen LogP contribution in [0.2, 0.25) is 0 Å². The highest BCUT2D eigenvalue weighted by atomic mass is 32.2. The molecule has 0 radical (unpaired) electrons. The van der Waals surface area contributed by atoms with Gasteiger partial charge in [-0.2, -0.15) is 26.3 Å². The van der Waals surface area contributed by atoms with Crippen LogP contribution < -0.4 is 0 Å². The number of amides is 1. The second-order valence-corrected chi connectivity index (χ2v) is 15.6. The first kappa shape index (κ1) is 39.3. The van der Waals surface area contributed by atoms with Crippen molar-refractivity contribution in [3.8, 4) is 0 Å². The molecule has 1 aliphatic heterocycles. The van der Waals surface area contributed by atoms with Crippen LogP contribution in [0.25, 0.3) is 0 Å². The molecule has 0 spiro atoms. The fraction of sp³-hybridized carbons (Fsp3) is 0.444. The third-order valence-electron chi connectivity index (χ3n) is 10.3. The predicted octanol–water partition coefficient (Wildman–Crippen LogP) is 8.33. The average Bonchev–Trinajstić information content (AvgIpc) is 3.07. The summed E-state index contributed by atoms with van der Waals surface area (Å²) in [6, 6.07) is 8.40. The fourth-order valence-corrected chi connectivity index (χ4v) is 9.33. The monoisotopic (exact) mass is 763 g/mol. The molecule has 0 N–H and O–H groups in total. The van der Waals surface area contributed by atoms with Crippen molar-refractivity contribution in [2.75, 3.05) is 13.6 Å². The molecule has 282 valence electrons. The van der Waals surface area contributed by atoms with Crippen LogP contribution in [0.15, 0.2) is 71.6 Å². The summed E-state index contributed by atoms with van der Waals surface area (Å²) in [5.41, 5.74) is -7.93. The van der Waals surface area contributed by atoms with Gasteiger partial charge >= 0.3 is 12.4 Å². The Hall–Kier alpha value is -3.92. The van der Waals surface area contributed by atoms with Gasteiger partial charge in [0.15, 0.2) is 9.84 Å². The first-order valence-corrected chi connectivity index (χ1v) is 17.8. The second-order valence-electron chi connectivity index (χ2n) is 13.3. The number of carbonyl (C=O) groups is 2. The van der Waals surface area contributed by atoms with Crippen molar-refractivity contribution in [3.63, 3.8) is 0 Å². The van der Waals surface area contributed by atoms with Gasteiger partial charge in [0.2, 0.25) is 5.91 Å². The Morgan fingerprint density at radius 3 is 1.92 bits per heavy atom. The molecule has 2 fully saturated rings. The molecule has 0 bridgehead atoms. The highest BCUT2D eigenvalue weighted by Gasteiger charge is 2.73. The number of likely N-dealkylation sites (tertiary alicyclic amines) is 1. The zero-order valence-electron chi connectivity index (χ0n) is 27.7. The number of alkyl halides is 6. The van der Waals surface area contributed by atoms with Gasteiger partial charge < -0.3 is 9.64 Å². The smallest absolute Gasteiger partial charge is 0.349 e. The minimum Gasteiger partial charge on any atom is -0.349 e. The van der Waals surface area contributed by atoms with Gasteiger partial charge in [0.05, 0.1) is 11.5 Å². The summed E-state index contributed by atoms with van der Waals surface area (Å²) in [5, 5.41) is 0. The van der Waals surface area contributed by atoms with Crippen LogP contribution in [0, 0.1) is 29.3 Å². The normalized spacial score (nSPS) is 22.0. The van der Waals surface area contributed by atoms with Gasteiger partial charge in [-0.3, -0.25) is 9.59 Å². The molecule has 1 unspecified atom stereocenters. The molecule has 1 saturated carbocycles. The molecule has 2 aliphatic rings. The van der Waals surface area contributed by atoms with Crippen LogP contribution in [0.4, 0.5) is 39.5 Å². The van der Waals surface area contributed by atoms with Crippen molar-refractivity contribution in [1.82, 2.24) is 4.90 Å². The molecule has 3 aromatic rings. The van der Waals surface area contributed by atoms with E-state index in [1.54, 1.807) is 7.05 Å². The molecule has 1 atom stereocenters. The lowest BCUT2D eigenvalue weighted by Gasteiger charge is -2.41. The maximum absolute atomic E-state index is 14.5. The van der Waals surface area contributed by atoms with E-state index in [4.69, 9.17) is 0 Å². The Morgan fingerprint density at radius 2 is 1.40 bits per heavy atom. The molecular weight excluding hydrogens is 729 g/mol. The Balaban J connectivity index is 1.51. The van der Waals surface area contributed by atoms with Crippen LogP contribution in [-0.2, 0) is 41.1 Å². The van der Waals surface area contributed by atoms with Gasteiger partial charge in [0, 0.05) is 43.5 Å². The van der Waals surface area contributed by atoms with E-state index in [-0.39, 0.29) is 66.6 Å². The van der Waals surface area contributed by atoms with E-state index in [2.05, 4.69) is 4.74 Å². The number of hydrogen-bond donors (Lipinski definition) is 0. The van der Waals surface area contributed by atoms with E-state index in [0.717, 1.165) is 42.5 Å². The minimum absolute atomic E-state index is 0.0485. The number of rotatable bonds is 10. The number of Topliss-reactive ketones (excluding diaryl/α,β-unsaturated/α-hetero) is 1. The van der Waals surface area contributed by atoms with E-state index in [1.165, 1.54) is 4.90 Å². The number of hydrogen-bond acceptors (Lipinski definition) is 5. The molecule has 1 saturated heterocycles. The third-order valence-corrected chi connectivity index (χ3v) is 12.8. The highest BCUT2D eigenvalue weighted by Crippen LogP contribution is 2.55. The topological polar surface area (TPSA) is 80.8 Å². The maximum Gasteiger partial charge on any atom is 0.430 e.